The van der Waals surface area contributed by atoms with Crippen LogP contribution in [-0.2, 0) is 14.3 Å². The molecule has 148 valence electrons. The highest BCUT2D eigenvalue weighted by molar-refractivity contribution is 5.81. The van der Waals surface area contributed by atoms with E-state index in [9.17, 15) is 9.59 Å². The third kappa shape index (κ3) is 4.97. The second kappa shape index (κ2) is 8.70. The van der Waals surface area contributed by atoms with Crippen LogP contribution in [0, 0.1) is 11.8 Å². The van der Waals surface area contributed by atoms with E-state index in [1.807, 2.05) is 4.90 Å². The van der Waals surface area contributed by atoms with Crippen LogP contribution in [0.25, 0.3) is 0 Å². The first-order valence-corrected chi connectivity index (χ1v) is 10.4. The Labute approximate surface area is 157 Å². The largest absolute Gasteiger partial charge is 0.373 e. The molecule has 2 amide bonds. The van der Waals surface area contributed by atoms with E-state index >= 15 is 0 Å². The number of ether oxygens (including phenoxy) is 1. The molecule has 0 aromatic carbocycles. The number of piperidine rings is 2. The van der Waals surface area contributed by atoms with Crippen molar-refractivity contribution in [1.82, 2.24) is 14.7 Å². The lowest BCUT2D eigenvalue weighted by atomic mass is 9.92. The van der Waals surface area contributed by atoms with Crippen molar-refractivity contribution in [1.29, 1.82) is 0 Å². The van der Waals surface area contributed by atoms with Crippen molar-refractivity contribution in [3.63, 3.8) is 0 Å². The highest BCUT2D eigenvalue weighted by atomic mass is 16.5. The van der Waals surface area contributed by atoms with Crippen LogP contribution in [0.5, 0.6) is 0 Å². The van der Waals surface area contributed by atoms with E-state index < -0.39 is 0 Å². The van der Waals surface area contributed by atoms with Crippen LogP contribution in [-0.4, -0.2) is 84.5 Å². The van der Waals surface area contributed by atoms with Gasteiger partial charge in [0.15, 0.2) is 0 Å². The summed E-state index contributed by atoms with van der Waals surface area (Å²) in [4.78, 5) is 31.6. The fourth-order valence-corrected chi connectivity index (χ4v) is 4.73. The molecule has 0 aliphatic carbocycles. The van der Waals surface area contributed by atoms with Gasteiger partial charge in [-0.2, -0.15) is 0 Å². The fraction of sp³-hybridized carbons (Fsp3) is 0.900. The van der Waals surface area contributed by atoms with Crippen LogP contribution in [0.4, 0.5) is 0 Å². The summed E-state index contributed by atoms with van der Waals surface area (Å²) in [6, 6.07) is 0. The molecule has 0 bridgehead atoms. The number of morpholine rings is 1. The minimum absolute atomic E-state index is 0.104. The molecule has 3 atom stereocenters. The molecule has 0 saturated carbocycles. The molecule has 0 aromatic rings. The van der Waals surface area contributed by atoms with E-state index in [1.165, 1.54) is 6.42 Å². The number of carbonyl (C=O) groups is 2. The molecular formula is C20H35N3O3. The van der Waals surface area contributed by atoms with Gasteiger partial charge in [-0.1, -0.05) is 6.92 Å². The van der Waals surface area contributed by atoms with Crippen molar-refractivity contribution in [2.75, 3.05) is 45.8 Å². The van der Waals surface area contributed by atoms with Gasteiger partial charge in [0, 0.05) is 45.2 Å². The van der Waals surface area contributed by atoms with Crippen molar-refractivity contribution >= 4 is 11.8 Å². The highest BCUT2D eigenvalue weighted by Crippen LogP contribution is 2.24. The monoisotopic (exact) mass is 365 g/mol. The maximum atomic E-state index is 12.8. The van der Waals surface area contributed by atoms with Crippen LogP contribution >= 0.6 is 0 Å². The Morgan fingerprint density at radius 2 is 1.54 bits per heavy atom. The van der Waals surface area contributed by atoms with Gasteiger partial charge in [-0.25, -0.2) is 0 Å². The van der Waals surface area contributed by atoms with E-state index in [1.54, 1.807) is 0 Å². The van der Waals surface area contributed by atoms with Gasteiger partial charge in [-0.3, -0.25) is 14.5 Å². The fourth-order valence-electron chi connectivity index (χ4n) is 4.73. The van der Waals surface area contributed by atoms with E-state index in [0.29, 0.717) is 31.5 Å². The number of likely N-dealkylation sites (tertiary alicyclic amines) is 2. The highest BCUT2D eigenvalue weighted by Gasteiger charge is 2.32. The molecule has 6 nitrogen and oxygen atoms in total. The number of nitrogens with zero attached hydrogens (tertiary/aromatic N) is 3. The van der Waals surface area contributed by atoms with E-state index in [4.69, 9.17) is 4.74 Å². The van der Waals surface area contributed by atoms with Crippen molar-refractivity contribution < 1.29 is 14.3 Å². The normalized spacial score (nSPS) is 31.9. The molecule has 0 radical (unpaired) electrons. The van der Waals surface area contributed by atoms with Gasteiger partial charge in [0.25, 0.3) is 0 Å². The Kier molecular flexibility index (Phi) is 6.56. The number of amides is 2. The Hall–Kier alpha value is -1.14. The average Bonchev–Trinajstić information content (AvgIpc) is 2.60. The molecule has 3 aliphatic rings. The SMILES string of the molecule is CC1CCCN(C(=O)C2CCN(C(=O)CN3CC(C)OC(C)C3)CC2)C1. The van der Waals surface area contributed by atoms with Crippen molar-refractivity contribution in [2.45, 2.75) is 58.7 Å². The topological polar surface area (TPSA) is 53.1 Å². The van der Waals surface area contributed by atoms with Gasteiger partial charge >= 0.3 is 0 Å². The molecule has 3 heterocycles. The Bertz CT molecular complexity index is 495. The van der Waals surface area contributed by atoms with Crippen LogP contribution in [0.1, 0.15) is 46.5 Å². The number of hydrogen-bond donors (Lipinski definition) is 0. The second-order valence-corrected chi connectivity index (χ2v) is 8.64. The van der Waals surface area contributed by atoms with Gasteiger partial charge in [0.2, 0.25) is 11.8 Å². The zero-order valence-corrected chi connectivity index (χ0v) is 16.7. The lowest BCUT2D eigenvalue weighted by Crippen LogP contribution is -2.51. The van der Waals surface area contributed by atoms with Crippen molar-refractivity contribution in [2.24, 2.45) is 11.8 Å². The Morgan fingerprint density at radius 1 is 0.885 bits per heavy atom. The van der Waals surface area contributed by atoms with E-state index in [0.717, 1.165) is 45.4 Å². The van der Waals surface area contributed by atoms with Gasteiger partial charge < -0.3 is 14.5 Å². The van der Waals surface area contributed by atoms with Gasteiger partial charge in [0.05, 0.1) is 18.8 Å². The van der Waals surface area contributed by atoms with E-state index in [-0.39, 0.29) is 24.0 Å². The summed E-state index contributed by atoms with van der Waals surface area (Å²) in [6.07, 6.45) is 4.34. The molecule has 0 aromatic heterocycles. The molecular weight excluding hydrogens is 330 g/mol. The summed E-state index contributed by atoms with van der Waals surface area (Å²) in [5.41, 5.74) is 0. The summed E-state index contributed by atoms with van der Waals surface area (Å²) in [7, 11) is 0. The molecule has 26 heavy (non-hydrogen) atoms. The van der Waals surface area contributed by atoms with Gasteiger partial charge in [-0.05, 0) is 45.4 Å². The predicted molar refractivity (Wildman–Crippen MR) is 101 cm³/mol. The first-order valence-electron chi connectivity index (χ1n) is 10.4. The first kappa shape index (κ1) is 19.6. The zero-order chi connectivity index (χ0) is 18.7. The summed E-state index contributed by atoms with van der Waals surface area (Å²) in [5, 5.41) is 0. The molecule has 3 unspecified atom stereocenters. The van der Waals surface area contributed by atoms with Crippen LogP contribution in [0.2, 0.25) is 0 Å². The van der Waals surface area contributed by atoms with Gasteiger partial charge in [0.1, 0.15) is 0 Å². The summed E-state index contributed by atoms with van der Waals surface area (Å²) >= 11 is 0. The third-order valence-electron chi connectivity index (χ3n) is 6.02. The van der Waals surface area contributed by atoms with Gasteiger partial charge in [-0.15, -0.1) is 0 Å². The lowest BCUT2D eigenvalue weighted by molar-refractivity contribution is -0.143. The molecule has 3 fully saturated rings. The van der Waals surface area contributed by atoms with Crippen molar-refractivity contribution in [3.8, 4) is 0 Å². The maximum absolute atomic E-state index is 12.8. The van der Waals surface area contributed by atoms with Crippen LogP contribution in [0.15, 0.2) is 0 Å². The molecule has 3 aliphatic heterocycles. The minimum atomic E-state index is 0.104. The number of rotatable bonds is 3. The summed E-state index contributed by atoms with van der Waals surface area (Å²) in [6.45, 7) is 11.7. The molecule has 3 rings (SSSR count). The smallest absolute Gasteiger partial charge is 0.236 e. The standard InChI is InChI=1S/C20H35N3O3/c1-15-5-4-8-23(11-15)20(25)18-6-9-22(10-7-18)19(24)14-21-12-16(2)26-17(3)13-21/h15-18H,4-14H2,1-3H3. The molecule has 0 N–H and O–H groups in total. The maximum Gasteiger partial charge on any atom is 0.236 e. The quantitative estimate of drug-likeness (QED) is 0.762. The Balaban J connectivity index is 1.44. The summed E-state index contributed by atoms with van der Waals surface area (Å²) < 4.78 is 5.74. The second-order valence-electron chi connectivity index (χ2n) is 8.64. The third-order valence-corrected chi connectivity index (χ3v) is 6.02. The first-order chi connectivity index (χ1) is 12.4. The lowest BCUT2D eigenvalue weighted by Gasteiger charge is -2.39. The minimum Gasteiger partial charge on any atom is -0.373 e. The zero-order valence-electron chi connectivity index (χ0n) is 16.7. The molecule has 6 heteroatoms. The number of carbonyl (C=O) groups excluding carboxylic acids is 2. The van der Waals surface area contributed by atoms with Crippen LogP contribution < -0.4 is 0 Å². The molecule has 3 saturated heterocycles. The molecule has 0 spiro atoms. The summed E-state index contributed by atoms with van der Waals surface area (Å²) in [5.74, 6) is 1.24. The Morgan fingerprint density at radius 3 is 2.15 bits per heavy atom. The average molecular weight is 366 g/mol. The van der Waals surface area contributed by atoms with Crippen molar-refractivity contribution in [3.05, 3.63) is 0 Å². The van der Waals surface area contributed by atoms with E-state index in [2.05, 4.69) is 30.6 Å². The van der Waals surface area contributed by atoms with Crippen LogP contribution in [0.3, 0.4) is 0 Å². The predicted octanol–water partition coefficient (Wildman–Crippen LogP) is 1.59. The number of hydrogen-bond acceptors (Lipinski definition) is 4.